The molecule has 4 rings (SSSR count). The maximum absolute atomic E-state index is 12.8. The van der Waals surface area contributed by atoms with Crippen molar-refractivity contribution in [3.05, 3.63) is 66.0 Å². The molecule has 29 heavy (non-hydrogen) atoms. The lowest BCUT2D eigenvalue weighted by molar-refractivity contribution is -0.115. The molecule has 0 aliphatic heterocycles. The largest absolute Gasteiger partial charge is 0.495 e. The fraction of sp³-hybridized carbons (Fsp3) is 0.136. The van der Waals surface area contributed by atoms with E-state index in [0.29, 0.717) is 17.3 Å². The number of carbonyl (C=O) groups is 1. The van der Waals surface area contributed by atoms with E-state index in [4.69, 9.17) is 9.72 Å². The molecule has 0 saturated heterocycles. The zero-order chi connectivity index (χ0) is 20.2. The molecule has 0 fully saturated rings. The number of hydrogen-bond acceptors (Lipinski definition) is 6. The van der Waals surface area contributed by atoms with E-state index in [1.54, 1.807) is 18.4 Å². The van der Waals surface area contributed by atoms with Gasteiger partial charge < -0.3 is 10.1 Å². The van der Waals surface area contributed by atoms with E-state index in [2.05, 4.69) is 10.3 Å². The molecule has 4 aromatic rings. The summed E-state index contributed by atoms with van der Waals surface area (Å²) in [5, 5.41) is 6.33. The quantitative estimate of drug-likeness (QED) is 0.330. The van der Waals surface area contributed by atoms with Gasteiger partial charge >= 0.3 is 0 Å². The van der Waals surface area contributed by atoms with E-state index in [-0.39, 0.29) is 11.2 Å². The van der Waals surface area contributed by atoms with Gasteiger partial charge in [0, 0.05) is 5.39 Å². The van der Waals surface area contributed by atoms with Crippen molar-refractivity contribution < 1.29 is 9.53 Å². The number of nitrogens with zero attached hydrogens (tertiary/aromatic N) is 2. The minimum absolute atomic E-state index is 0.111. The Labute approximate surface area is 177 Å². The van der Waals surface area contributed by atoms with Crippen LogP contribution in [0.1, 0.15) is 6.92 Å². The van der Waals surface area contributed by atoms with Crippen LogP contribution in [0.15, 0.2) is 71.1 Å². The van der Waals surface area contributed by atoms with E-state index >= 15 is 0 Å². The summed E-state index contributed by atoms with van der Waals surface area (Å²) in [6.07, 6.45) is 0. The predicted molar refractivity (Wildman–Crippen MR) is 120 cm³/mol. The summed E-state index contributed by atoms with van der Waals surface area (Å²) < 4.78 is 5.32. The lowest BCUT2D eigenvalue weighted by Gasteiger charge is -2.15. The molecule has 1 atom stereocenters. The predicted octanol–water partition coefficient (Wildman–Crippen LogP) is 5.49. The maximum Gasteiger partial charge on any atom is 0.237 e. The molecule has 0 aliphatic rings. The Bertz CT molecular complexity index is 1150. The van der Waals surface area contributed by atoms with Gasteiger partial charge in [-0.2, -0.15) is 0 Å². The molecule has 1 amide bonds. The van der Waals surface area contributed by atoms with Crippen molar-refractivity contribution in [2.24, 2.45) is 0 Å². The number of carbonyl (C=O) groups excluding carboxylic acids is 1. The van der Waals surface area contributed by atoms with Crippen molar-refractivity contribution in [1.82, 2.24) is 9.97 Å². The van der Waals surface area contributed by atoms with E-state index in [0.717, 1.165) is 20.8 Å². The molecule has 7 heteroatoms. The second-order valence-corrected chi connectivity index (χ2v) is 8.57. The van der Waals surface area contributed by atoms with E-state index in [1.807, 2.05) is 73.0 Å². The molecule has 1 N–H and O–H groups in total. The average Bonchev–Trinajstić information content (AvgIpc) is 3.29. The highest BCUT2D eigenvalue weighted by atomic mass is 32.2. The van der Waals surface area contributed by atoms with E-state index in [1.165, 1.54) is 11.8 Å². The van der Waals surface area contributed by atoms with Gasteiger partial charge in [0.1, 0.15) is 10.8 Å². The van der Waals surface area contributed by atoms with Crippen LogP contribution in [-0.2, 0) is 4.79 Å². The van der Waals surface area contributed by atoms with Crippen LogP contribution < -0.4 is 10.1 Å². The van der Waals surface area contributed by atoms with Gasteiger partial charge in [-0.3, -0.25) is 4.79 Å². The second kappa shape index (κ2) is 8.63. The summed E-state index contributed by atoms with van der Waals surface area (Å²) in [6, 6.07) is 19.2. The van der Waals surface area contributed by atoms with Gasteiger partial charge in [-0.1, -0.05) is 48.2 Å². The van der Waals surface area contributed by atoms with Gasteiger partial charge in [0.25, 0.3) is 0 Å². The molecule has 5 nitrogen and oxygen atoms in total. The zero-order valence-corrected chi connectivity index (χ0v) is 17.6. The molecule has 2 aromatic carbocycles. The highest BCUT2D eigenvalue weighted by Gasteiger charge is 2.19. The summed E-state index contributed by atoms with van der Waals surface area (Å²) in [6.45, 7) is 1.87. The van der Waals surface area contributed by atoms with Crippen LogP contribution >= 0.6 is 23.1 Å². The molecule has 2 heterocycles. The number of aromatic nitrogens is 2. The zero-order valence-electron chi connectivity index (χ0n) is 16.0. The highest BCUT2D eigenvalue weighted by Crippen LogP contribution is 2.33. The molecule has 0 saturated carbocycles. The first-order valence-corrected chi connectivity index (χ1v) is 10.8. The van der Waals surface area contributed by atoms with Gasteiger partial charge in [-0.25, -0.2) is 9.97 Å². The minimum atomic E-state index is -0.352. The number of thiophene rings is 1. The SMILES string of the molecule is COc1ccccc1NC(=O)C(C)Sc1nc(-c2cccs2)nc2ccccc12. The average molecular weight is 422 g/mol. The molecule has 0 aliphatic carbocycles. The Kier molecular flexibility index (Phi) is 5.78. The highest BCUT2D eigenvalue weighted by molar-refractivity contribution is 8.00. The Morgan fingerprint density at radius 1 is 1.07 bits per heavy atom. The fourth-order valence-corrected chi connectivity index (χ4v) is 4.45. The Balaban J connectivity index is 1.62. The summed E-state index contributed by atoms with van der Waals surface area (Å²) in [4.78, 5) is 23.3. The Morgan fingerprint density at radius 3 is 2.66 bits per heavy atom. The number of para-hydroxylation sites is 3. The number of fused-ring (bicyclic) bond motifs is 1. The number of anilines is 1. The Hall–Kier alpha value is -2.90. The monoisotopic (exact) mass is 421 g/mol. The van der Waals surface area contributed by atoms with Crippen molar-refractivity contribution in [2.45, 2.75) is 17.2 Å². The third-order valence-electron chi connectivity index (χ3n) is 4.33. The molecule has 146 valence electrons. The maximum atomic E-state index is 12.8. The van der Waals surface area contributed by atoms with E-state index in [9.17, 15) is 4.79 Å². The number of amides is 1. The van der Waals surface area contributed by atoms with Gasteiger partial charge in [-0.15, -0.1) is 11.3 Å². The number of nitrogens with one attached hydrogen (secondary N) is 1. The molecular weight excluding hydrogens is 402 g/mol. The Morgan fingerprint density at radius 2 is 1.86 bits per heavy atom. The number of thioether (sulfide) groups is 1. The van der Waals surface area contributed by atoms with Crippen LogP contribution in [0.2, 0.25) is 0 Å². The molecule has 0 spiro atoms. The van der Waals surface area contributed by atoms with Crippen LogP contribution in [0.3, 0.4) is 0 Å². The van der Waals surface area contributed by atoms with Crippen molar-refractivity contribution in [3.8, 4) is 16.5 Å². The molecule has 0 bridgehead atoms. The topological polar surface area (TPSA) is 64.1 Å². The van der Waals surface area contributed by atoms with Gasteiger partial charge in [0.05, 0.1) is 28.4 Å². The van der Waals surface area contributed by atoms with Crippen LogP contribution in [0, 0.1) is 0 Å². The number of rotatable bonds is 6. The minimum Gasteiger partial charge on any atom is -0.495 e. The normalized spacial score (nSPS) is 11.9. The number of methoxy groups -OCH3 is 1. The molecule has 2 aromatic heterocycles. The first kappa shape index (κ1) is 19.4. The third kappa shape index (κ3) is 4.26. The third-order valence-corrected chi connectivity index (χ3v) is 6.30. The van der Waals surface area contributed by atoms with Crippen molar-refractivity contribution in [2.75, 3.05) is 12.4 Å². The lowest BCUT2D eigenvalue weighted by Crippen LogP contribution is -2.22. The summed E-state index contributed by atoms with van der Waals surface area (Å²) >= 11 is 3.02. The first-order valence-electron chi connectivity index (χ1n) is 9.07. The molecular formula is C22H19N3O2S2. The lowest BCUT2D eigenvalue weighted by atomic mass is 10.2. The van der Waals surface area contributed by atoms with Crippen LogP contribution in [0.5, 0.6) is 5.75 Å². The fourth-order valence-electron chi connectivity index (χ4n) is 2.86. The van der Waals surface area contributed by atoms with Crippen LogP contribution in [0.25, 0.3) is 21.6 Å². The summed E-state index contributed by atoms with van der Waals surface area (Å²) in [7, 11) is 1.59. The summed E-state index contributed by atoms with van der Waals surface area (Å²) in [5.74, 6) is 1.20. The van der Waals surface area contributed by atoms with Gasteiger partial charge in [-0.05, 0) is 36.6 Å². The number of ether oxygens (including phenoxy) is 1. The van der Waals surface area contributed by atoms with Gasteiger partial charge in [0.15, 0.2) is 5.82 Å². The second-order valence-electron chi connectivity index (χ2n) is 6.30. The first-order chi connectivity index (χ1) is 14.2. The molecule has 0 radical (unpaired) electrons. The van der Waals surface area contributed by atoms with E-state index < -0.39 is 0 Å². The molecule has 1 unspecified atom stereocenters. The standard InChI is InChI=1S/C22H19N3O2S2/c1-14(21(26)24-17-10-5-6-11-18(17)27-2)29-22-15-8-3-4-9-16(15)23-20(25-22)19-12-7-13-28-19/h3-14H,1-2H3,(H,24,26). The van der Waals surface area contributed by atoms with Crippen molar-refractivity contribution >= 4 is 45.6 Å². The van der Waals surface area contributed by atoms with Crippen LogP contribution in [0.4, 0.5) is 5.69 Å². The number of hydrogen-bond donors (Lipinski definition) is 1. The van der Waals surface area contributed by atoms with Gasteiger partial charge in [0.2, 0.25) is 5.91 Å². The van der Waals surface area contributed by atoms with Crippen LogP contribution in [-0.4, -0.2) is 28.2 Å². The number of benzene rings is 2. The van der Waals surface area contributed by atoms with Crippen molar-refractivity contribution in [1.29, 1.82) is 0 Å². The smallest absolute Gasteiger partial charge is 0.237 e. The summed E-state index contributed by atoms with van der Waals surface area (Å²) in [5.41, 5.74) is 1.52. The van der Waals surface area contributed by atoms with Crippen molar-refractivity contribution in [3.63, 3.8) is 0 Å².